The number of phenols is 2. The summed E-state index contributed by atoms with van der Waals surface area (Å²) < 4.78 is 4.34. The van der Waals surface area contributed by atoms with Gasteiger partial charge >= 0.3 is 0 Å². The Hall–Kier alpha value is -3.63. The number of benzene rings is 6. The molecule has 0 atom stereocenters. The second kappa shape index (κ2) is 34.4. The summed E-state index contributed by atoms with van der Waals surface area (Å²) in [6, 6.07) is 36.9. The van der Waals surface area contributed by atoms with Gasteiger partial charge in [0.25, 0.3) is 5.91 Å². The Labute approximate surface area is 368 Å². The molecule has 10 N–H and O–H groups in total. The van der Waals surface area contributed by atoms with Crippen molar-refractivity contribution in [2.75, 3.05) is 26.4 Å². The molecule has 57 heavy (non-hydrogen) atoms. The van der Waals surface area contributed by atoms with Crippen LogP contribution in [-0.4, -0.2) is 69.2 Å². The predicted molar refractivity (Wildman–Crippen MR) is 237 cm³/mol. The summed E-state index contributed by atoms with van der Waals surface area (Å²) in [5, 5.41) is 60.1. The molecule has 0 bridgehead atoms. The van der Waals surface area contributed by atoms with Gasteiger partial charge in [0.2, 0.25) is 0 Å². The van der Waals surface area contributed by atoms with Gasteiger partial charge in [0.05, 0.1) is 5.56 Å². The number of hydrogen-bond acceptors (Lipinski definition) is 11. The van der Waals surface area contributed by atoms with E-state index in [2.05, 4.69) is 4.40 Å². The minimum absolute atomic E-state index is 0. The van der Waals surface area contributed by atoms with E-state index in [-0.39, 0.29) is 65.2 Å². The Balaban J connectivity index is 0. The van der Waals surface area contributed by atoms with E-state index in [1.807, 2.05) is 91.0 Å². The van der Waals surface area contributed by atoms with Gasteiger partial charge in [-0.15, -0.1) is 0 Å². The van der Waals surface area contributed by atoms with Gasteiger partial charge in [-0.05, 0) is 122 Å². The van der Waals surface area contributed by atoms with Gasteiger partial charge in [0.1, 0.15) is 11.5 Å². The van der Waals surface area contributed by atoms with E-state index in [0.717, 1.165) is 36.5 Å². The molecule has 0 saturated heterocycles. The number of carbonyl (C=O) groups excluding carboxylic acids is 1. The molecule has 6 aromatic rings. The average molecular weight is 893 g/mol. The van der Waals surface area contributed by atoms with Crippen LogP contribution in [0.15, 0.2) is 136 Å². The smallest absolute Gasteiger partial charge is 0.253 e. The van der Waals surface area contributed by atoms with Crippen molar-refractivity contribution in [3.8, 4) is 11.5 Å². The number of nitrogens with two attached hydrogens (primary N) is 2. The van der Waals surface area contributed by atoms with Crippen molar-refractivity contribution in [2.45, 2.75) is 37.5 Å². The van der Waals surface area contributed by atoms with Gasteiger partial charge in [-0.3, -0.25) is 9.93 Å². The van der Waals surface area contributed by atoms with Crippen LogP contribution in [0.3, 0.4) is 0 Å². The van der Waals surface area contributed by atoms with Crippen molar-refractivity contribution in [1.82, 2.24) is 0 Å². The number of aromatic hydroxyl groups is 2. The van der Waals surface area contributed by atoms with E-state index in [4.69, 9.17) is 54.5 Å². The van der Waals surface area contributed by atoms with Crippen LogP contribution in [0.25, 0.3) is 21.5 Å². The van der Waals surface area contributed by atoms with E-state index in [1.165, 1.54) is 30.0 Å². The van der Waals surface area contributed by atoms with Crippen molar-refractivity contribution < 1.29 is 57.2 Å². The summed E-state index contributed by atoms with van der Waals surface area (Å²) in [6.07, 6.45) is 1.69. The summed E-state index contributed by atoms with van der Waals surface area (Å²) in [5.41, 5.74) is 6.10. The predicted octanol–water partition coefficient (Wildman–Crippen LogP) is 9.27. The fourth-order valence-corrected chi connectivity index (χ4v) is 5.17. The van der Waals surface area contributed by atoms with Crippen LogP contribution in [-0.2, 0) is 21.7 Å². The number of aliphatic hydroxyl groups excluding tert-OH is 4. The molecular weight excluding hydrogens is 841 g/mol. The van der Waals surface area contributed by atoms with Crippen molar-refractivity contribution in [3.05, 3.63) is 142 Å². The van der Waals surface area contributed by atoms with Crippen LogP contribution < -0.4 is 10.9 Å². The zero-order chi connectivity index (χ0) is 42.3. The molecule has 0 aliphatic carbocycles. The summed E-state index contributed by atoms with van der Waals surface area (Å²) >= 11 is 14.0. The van der Waals surface area contributed by atoms with Crippen LogP contribution in [0, 0.1) is 0 Å². The molecular formula is C42H51Cl2N3O7S2Ti. The van der Waals surface area contributed by atoms with Gasteiger partial charge in [-0.2, -0.15) is 0 Å². The molecule has 6 rings (SSSR count). The fraction of sp³-hybridized carbons (Fsp3) is 0.190. The quantitative estimate of drug-likeness (QED) is 0.0468. The first-order chi connectivity index (χ1) is 26.9. The average Bonchev–Trinajstić information content (AvgIpc) is 3.18. The molecule has 0 radical (unpaired) electrons. The number of rotatable bonds is 5. The number of hydrogen-bond donors (Lipinski definition) is 8. The van der Waals surface area contributed by atoms with E-state index in [0.29, 0.717) is 10.4 Å². The van der Waals surface area contributed by atoms with E-state index in [9.17, 15) is 15.0 Å². The number of nitrogens with zero attached hydrogens (tertiary/aromatic N) is 1. The minimum atomic E-state index is -0.612. The number of phenolic OH excluding ortho intramolecular Hbond substituents is 1. The summed E-state index contributed by atoms with van der Waals surface area (Å²) in [4.78, 5) is 13.1. The second-order valence-corrected chi connectivity index (χ2v) is 12.8. The third-order valence-electron chi connectivity index (χ3n) is 6.20. The van der Waals surface area contributed by atoms with Crippen molar-refractivity contribution in [1.29, 1.82) is 0 Å². The van der Waals surface area contributed by atoms with E-state index in [1.54, 1.807) is 58.2 Å². The molecule has 1 amide bonds. The molecule has 0 aliphatic rings. The van der Waals surface area contributed by atoms with Gasteiger partial charge < -0.3 is 36.4 Å². The van der Waals surface area contributed by atoms with Crippen LogP contribution in [0.2, 0.25) is 10.0 Å². The number of halogens is 2. The monoisotopic (exact) mass is 891 g/mol. The molecule has 0 spiro atoms. The summed E-state index contributed by atoms with van der Waals surface area (Å²) in [5.74, 6) is -0.454. The second-order valence-electron chi connectivity index (χ2n) is 10.4. The Kier molecular flexibility index (Phi) is 33.5. The Bertz CT molecular complexity index is 1990. The number of amides is 1. The van der Waals surface area contributed by atoms with Crippen molar-refractivity contribution in [3.63, 3.8) is 0 Å². The first-order valence-corrected chi connectivity index (χ1v) is 19.6. The van der Waals surface area contributed by atoms with Gasteiger partial charge in [-0.1, -0.05) is 83.9 Å². The molecule has 15 heteroatoms. The number of aliphatic hydroxyl groups is 4. The number of fused-ring (bicyclic) bond motifs is 2. The molecule has 10 nitrogen and oxygen atoms in total. The molecule has 0 fully saturated rings. The van der Waals surface area contributed by atoms with Crippen molar-refractivity contribution in [2.24, 2.45) is 15.3 Å². The zero-order valence-electron chi connectivity index (χ0n) is 32.2. The number of carbonyl (C=O) groups is 1. The maximum atomic E-state index is 11.1. The van der Waals surface area contributed by atoms with Crippen LogP contribution in [0.1, 0.15) is 43.6 Å². The third kappa shape index (κ3) is 22.8. The molecule has 0 heterocycles. The standard InChI is InChI=1S/C17H12ClNOS.C11H9NO2.C6H6ClNS.4C2H6O.Ti/c18-13-6-8-14(9-7-13)21-19-11-16-15-4-2-1-3-12(15)5-10-17(16)20;12-11(14)10-8-4-2-1-3-7(8)5-6-9(10)13;7-5-1-3-6(9-8)4-2-5;4*1-2-3;/h1-11,20H;1-6,13H,(H2,12,14);1-4H,8H2;4*3H,2H2,1H3;. The van der Waals surface area contributed by atoms with E-state index >= 15 is 0 Å². The maximum Gasteiger partial charge on any atom is 0.253 e. The molecule has 0 saturated carbocycles. The van der Waals surface area contributed by atoms with E-state index < -0.39 is 5.91 Å². The third-order valence-corrected chi connectivity index (χ3v) is 7.95. The number of primary amides is 1. The molecule has 6 aromatic carbocycles. The summed E-state index contributed by atoms with van der Waals surface area (Å²) in [6.45, 7) is 7.72. The first kappa shape index (κ1) is 55.5. The fourth-order valence-electron chi connectivity index (χ4n) is 4.09. The molecule has 306 valence electrons. The van der Waals surface area contributed by atoms with Crippen LogP contribution >= 0.6 is 47.1 Å². The van der Waals surface area contributed by atoms with Crippen LogP contribution in [0.5, 0.6) is 11.5 Å². The molecule has 0 aromatic heterocycles. The summed E-state index contributed by atoms with van der Waals surface area (Å²) in [7, 11) is 0. The minimum Gasteiger partial charge on any atom is -0.507 e. The van der Waals surface area contributed by atoms with Gasteiger partial charge in [0, 0.05) is 91.7 Å². The van der Waals surface area contributed by atoms with Gasteiger partial charge in [-0.25, -0.2) is 4.40 Å². The Morgan fingerprint density at radius 2 is 1.00 bits per heavy atom. The Morgan fingerprint density at radius 1 is 0.614 bits per heavy atom. The SMILES string of the molecule is CCO.CCO.CCO.CCO.NC(=O)c1c(O)ccc2ccccc12.NSc1ccc(Cl)cc1.Oc1ccc2ccccc2c1C=NSc1ccc(Cl)cc1.[Ti]. The van der Waals surface area contributed by atoms with Crippen LogP contribution in [0.4, 0.5) is 0 Å². The molecule has 0 aliphatic heterocycles. The maximum absolute atomic E-state index is 11.1. The largest absolute Gasteiger partial charge is 0.507 e. The van der Waals surface area contributed by atoms with Gasteiger partial charge in [0.15, 0.2) is 0 Å². The normalized spacial score (nSPS) is 9.46. The topological polar surface area (TPSA) is 203 Å². The Morgan fingerprint density at radius 3 is 1.44 bits per heavy atom. The molecule has 0 unspecified atom stereocenters. The first-order valence-electron chi connectivity index (χ1n) is 17.2. The zero-order valence-corrected chi connectivity index (χ0v) is 36.9. The van der Waals surface area contributed by atoms with Crippen molar-refractivity contribution >= 4 is 80.8 Å².